The lowest BCUT2D eigenvalue weighted by atomic mass is 9.62. The van der Waals surface area contributed by atoms with Gasteiger partial charge in [0.05, 0.1) is 18.1 Å². The molecule has 0 aromatic rings. The maximum atomic E-state index is 10.5. The number of nitrogens with zero attached hydrogens (tertiary/aromatic N) is 1. The summed E-state index contributed by atoms with van der Waals surface area (Å²) in [6.45, 7) is 6.63. The minimum absolute atomic E-state index is 0.254. The van der Waals surface area contributed by atoms with Crippen LogP contribution in [0.15, 0.2) is 0 Å². The molecule has 0 saturated heterocycles. The Kier molecular flexibility index (Phi) is 4.35. The molecule has 1 N–H and O–H groups in total. The molecular weight excluding hydrogens is 202 g/mol. The van der Waals surface area contributed by atoms with Gasteiger partial charge >= 0.3 is 0 Å². The van der Waals surface area contributed by atoms with Crippen LogP contribution >= 0.6 is 0 Å². The van der Waals surface area contributed by atoms with E-state index in [4.69, 9.17) is 4.74 Å². The van der Waals surface area contributed by atoms with Crippen molar-refractivity contribution in [1.82, 2.24) is 0 Å². The first-order chi connectivity index (χ1) is 7.47. The molecule has 0 amide bonds. The van der Waals surface area contributed by atoms with Gasteiger partial charge in [-0.1, -0.05) is 19.8 Å². The first-order valence-electron chi connectivity index (χ1n) is 6.19. The summed E-state index contributed by atoms with van der Waals surface area (Å²) in [6.07, 6.45) is 3.75. The van der Waals surface area contributed by atoms with Crippen LogP contribution < -0.4 is 0 Å². The van der Waals surface area contributed by atoms with Gasteiger partial charge in [-0.3, -0.25) is 0 Å². The Morgan fingerprint density at radius 3 is 2.81 bits per heavy atom. The van der Waals surface area contributed by atoms with Crippen LogP contribution in [-0.2, 0) is 4.74 Å². The highest BCUT2D eigenvalue weighted by molar-refractivity contribution is 5.11. The van der Waals surface area contributed by atoms with Gasteiger partial charge in [0, 0.05) is 6.61 Å². The topological polar surface area (TPSA) is 53.2 Å². The molecule has 3 nitrogen and oxygen atoms in total. The number of nitriles is 1. The monoisotopic (exact) mass is 225 g/mol. The molecule has 0 aromatic carbocycles. The van der Waals surface area contributed by atoms with E-state index in [-0.39, 0.29) is 6.61 Å². The van der Waals surface area contributed by atoms with E-state index in [1.807, 2.05) is 6.92 Å². The highest BCUT2D eigenvalue weighted by Gasteiger charge is 2.49. The highest BCUT2D eigenvalue weighted by Crippen LogP contribution is 2.46. The maximum Gasteiger partial charge on any atom is 0.104 e. The molecule has 1 fully saturated rings. The number of aliphatic hydroxyl groups is 1. The minimum atomic E-state index is -1.04. The summed E-state index contributed by atoms with van der Waals surface area (Å²) in [5, 5.41) is 19.9. The van der Waals surface area contributed by atoms with Crippen LogP contribution in [0.3, 0.4) is 0 Å². The second-order valence-corrected chi connectivity index (χ2v) is 5.31. The van der Waals surface area contributed by atoms with Gasteiger partial charge in [-0.25, -0.2) is 0 Å². The Morgan fingerprint density at radius 2 is 2.31 bits per heavy atom. The molecule has 0 radical (unpaired) electrons. The molecule has 92 valence electrons. The average molecular weight is 225 g/mol. The zero-order chi connectivity index (χ0) is 12.2. The van der Waals surface area contributed by atoms with E-state index in [0.717, 1.165) is 25.7 Å². The van der Waals surface area contributed by atoms with Crippen LogP contribution in [0.2, 0.25) is 0 Å². The van der Waals surface area contributed by atoms with Gasteiger partial charge in [-0.2, -0.15) is 5.26 Å². The second kappa shape index (κ2) is 5.16. The zero-order valence-corrected chi connectivity index (χ0v) is 10.6. The van der Waals surface area contributed by atoms with Gasteiger partial charge in [-0.05, 0) is 32.6 Å². The van der Waals surface area contributed by atoms with E-state index < -0.39 is 11.0 Å². The molecule has 1 aliphatic carbocycles. The van der Waals surface area contributed by atoms with Gasteiger partial charge in [0.2, 0.25) is 0 Å². The average Bonchev–Trinajstić information content (AvgIpc) is 2.26. The number of ether oxygens (including phenoxy) is 1. The summed E-state index contributed by atoms with van der Waals surface area (Å²) in [4.78, 5) is 0. The van der Waals surface area contributed by atoms with Gasteiger partial charge in [-0.15, -0.1) is 0 Å². The molecular formula is C13H23NO2. The van der Waals surface area contributed by atoms with Crippen LogP contribution in [-0.4, -0.2) is 23.9 Å². The predicted molar refractivity (Wildman–Crippen MR) is 62.8 cm³/mol. The van der Waals surface area contributed by atoms with E-state index in [2.05, 4.69) is 13.0 Å². The molecule has 16 heavy (non-hydrogen) atoms. The quantitative estimate of drug-likeness (QED) is 0.799. The Bertz CT molecular complexity index is 270. The molecule has 0 aromatic heterocycles. The summed E-state index contributed by atoms with van der Waals surface area (Å²) in [6, 6.07) is 2.37. The number of hydrogen-bond donors (Lipinski definition) is 1. The van der Waals surface area contributed by atoms with Crippen molar-refractivity contribution >= 4 is 0 Å². The van der Waals surface area contributed by atoms with Crippen molar-refractivity contribution in [2.45, 2.75) is 52.1 Å². The summed E-state index contributed by atoms with van der Waals surface area (Å²) >= 11 is 0. The highest BCUT2D eigenvalue weighted by atomic mass is 16.5. The van der Waals surface area contributed by atoms with E-state index in [9.17, 15) is 10.4 Å². The maximum absolute atomic E-state index is 10.5. The molecule has 0 bridgehead atoms. The largest absolute Gasteiger partial charge is 0.386 e. The molecule has 1 rings (SSSR count). The molecule has 1 saturated carbocycles. The third-order valence-corrected chi connectivity index (χ3v) is 3.83. The fourth-order valence-corrected chi connectivity index (χ4v) is 2.70. The fraction of sp³-hybridized carbons (Fsp3) is 0.923. The lowest BCUT2D eigenvalue weighted by Crippen LogP contribution is -2.50. The van der Waals surface area contributed by atoms with Crippen molar-refractivity contribution in [1.29, 1.82) is 5.26 Å². The molecule has 1 aliphatic rings. The lowest BCUT2D eigenvalue weighted by Gasteiger charge is -2.44. The van der Waals surface area contributed by atoms with Crippen molar-refractivity contribution in [2.75, 3.05) is 13.2 Å². The standard InChI is InChI=1S/C13H23NO2/c1-4-16-10-12(3,15)13(9-14)7-5-6-11(2)8-13/h11,15H,4-8,10H2,1-3H3. The Balaban J connectivity index is 2.82. The Hall–Kier alpha value is -0.590. The first-order valence-corrected chi connectivity index (χ1v) is 6.19. The van der Waals surface area contributed by atoms with Crippen LogP contribution in [0.25, 0.3) is 0 Å². The SMILES string of the molecule is CCOCC(C)(O)C1(C#N)CCCC(C)C1. The van der Waals surface area contributed by atoms with Gasteiger partial charge in [0.1, 0.15) is 5.60 Å². The zero-order valence-electron chi connectivity index (χ0n) is 10.6. The molecule has 0 heterocycles. The van der Waals surface area contributed by atoms with Gasteiger partial charge in [0.15, 0.2) is 0 Å². The van der Waals surface area contributed by atoms with E-state index in [1.54, 1.807) is 6.92 Å². The Morgan fingerprint density at radius 1 is 1.62 bits per heavy atom. The molecule has 0 aliphatic heterocycles. The van der Waals surface area contributed by atoms with E-state index in [1.165, 1.54) is 0 Å². The van der Waals surface area contributed by atoms with Crippen molar-refractivity contribution in [3.8, 4) is 6.07 Å². The van der Waals surface area contributed by atoms with Crippen LogP contribution in [0.1, 0.15) is 46.5 Å². The molecule has 3 unspecified atom stereocenters. The third-order valence-electron chi connectivity index (χ3n) is 3.83. The molecule has 3 heteroatoms. The molecule has 3 atom stereocenters. The van der Waals surface area contributed by atoms with Crippen molar-refractivity contribution < 1.29 is 9.84 Å². The van der Waals surface area contributed by atoms with Gasteiger partial charge in [0.25, 0.3) is 0 Å². The van der Waals surface area contributed by atoms with Crippen LogP contribution in [0, 0.1) is 22.7 Å². The second-order valence-electron chi connectivity index (χ2n) is 5.31. The predicted octanol–water partition coefficient (Wildman–Crippen LogP) is 2.49. The molecule has 0 spiro atoms. The minimum Gasteiger partial charge on any atom is -0.386 e. The number of rotatable bonds is 4. The first kappa shape index (κ1) is 13.5. The lowest BCUT2D eigenvalue weighted by molar-refractivity contribution is -0.114. The van der Waals surface area contributed by atoms with Crippen LogP contribution in [0.4, 0.5) is 0 Å². The normalized spacial score (nSPS) is 34.1. The summed E-state index contributed by atoms with van der Waals surface area (Å²) in [5.74, 6) is 0.515. The summed E-state index contributed by atoms with van der Waals surface area (Å²) in [5.41, 5.74) is -1.66. The third kappa shape index (κ3) is 2.56. The summed E-state index contributed by atoms with van der Waals surface area (Å²) in [7, 11) is 0. The van der Waals surface area contributed by atoms with E-state index in [0.29, 0.717) is 12.5 Å². The fourth-order valence-electron chi connectivity index (χ4n) is 2.70. The Labute approximate surface area is 98.4 Å². The smallest absolute Gasteiger partial charge is 0.104 e. The van der Waals surface area contributed by atoms with Crippen molar-refractivity contribution in [3.63, 3.8) is 0 Å². The van der Waals surface area contributed by atoms with E-state index >= 15 is 0 Å². The van der Waals surface area contributed by atoms with Crippen molar-refractivity contribution in [3.05, 3.63) is 0 Å². The van der Waals surface area contributed by atoms with Crippen molar-refractivity contribution in [2.24, 2.45) is 11.3 Å². The number of hydrogen-bond acceptors (Lipinski definition) is 3. The van der Waals surface area contributed by atoms with Crippen LogP contribution in [0.5, 0.6) is 0 Å². The van der Waals surface area contributed by atoms with Gasteiger partial charge < -0.3 is 9.84 Å². The summed E-state index contributed by atoms with van der Waals surface area (Å²) < 4.78 is 5.31.